The van der Waals surface area contributed by atoms with Gasteiger partial charge in [0.2, 0.25) is 5.95 Å². The monoisotopic (exact) mass is 376 g/mol. The van der Waals surface area contributed by atoms with Gasteiger partial charge in [-0.3, -0.25) is 9.78 Å². The minimum Gasteiger partial charge on any atom is -0.352 e. The van der Waals surface area contributed by atoms with Crippen molar-refractivity contribution in [2.75, 3.05) is 36.0 Å². The number of benzene rings is 1. The molecule has 1 aliphatic heterocycles. The Morgan fingerprint density at radius 2 is 1.78 bits per heavy atom. The van der Waals surface area contributed by atoms with Crippen molar-refractivity contribution < 1.29 is 13.2 Å². The largest absolute Gasteiger partial charge is 0.352 e. The molecule has 4 rings (SSSR count). The summed E-state index contributed by atoms with van der Waals surface area (Å²) in [6, 6.07) is 5.14. The van der Waals surface area contributed by atoms with E-state index in [1.165, 1.54) is 18.5 Å². The second-order valence-corrected chi connectivity index (χ2v) is 6.13. The molecule has 0 saturated carbocycles. The molecule has 0 amide bonds. The van der Waals surface area contributed by atoms with E-state index in [0.29, 0.717) is 37.5 Å². The Morgan fingerprint density at radius 1 is 1.04 bits per heavy atom. The number of piperazine rings is 1. The van der Waals surface area contributed by atoms with Gasteiger partial charge >= 0.3 is 0 Å². The van der Waals surface area contributed by atoms with Crippen molar-refractivity contribution in [3.63, 3.8) is 0 Å². The van der Waals surface area contributed by atoms with Crippen molar-refractivity contribution in [2.45, 2.75) is 6.43 Å². The molecule has 1 fully saturated rings. The number of anilines is 2. The van der Waals surface area contributed by atoms with E-state index in [2.05, 4.69) is 19.9 Å². The molecule has 10 heteroatoms. The van der Waals surface area contributed by atoms with Crippen LogP contribution in [0.1, 0.15) is 12.1 Å². The molecule has 2 aromatic heterocycles. The third kappa shape index (κ3) is 3.42. The van der Waals surface area contributed by atoms with Crippen LogP contribution in [0.4, 0.5) is 24.9 Å². The van der Waals surface area contributed by atoms with Gasteiger partial charge in [0.15, 0.2) is 0 Å². The molecular weight excluding hydrogens is 361 g/mol. The van der Waals surface area contributed by atoms with E-state index in [1.807, 2.05) is 4.90 Å². The summed E-state index contributed by atoms with van der Waals surface area (Å²) in [6.07, 6.45) is -1.42. The van der Waals surface area contributed by atoms with Gasteiger partial charge in [0.1, 0.15) is 23.7 Å². The molecule has 140 valence electrons. The average molecular weight is 376 g/mol. The predicted octanol–water partition coefficient (Wildman–Crippen LogP) is 2.12. The molecule has 0 unspecified atom stereocenters. The van der Waals surface area contributed by atoms with Gasteiger partial charge in [-0.1, -0.05) is 0 Å². The van der Waals surface area contributed by atoms with Gasteiger partial charge in [0.05, 0.1) is 5.52 Å². The first-order chi connectivity index (χ1) is 13.0. The zero-order chi connectivity index (χ0) is 19.0. The van der Waals surface area contributed by atoms with Gasteiger partial charge in [-0.15, -0.1) is 0 Å². The summed E-state index contributed by atoms with van der Waals surface area (Å²) in [4.78, 5) is 30.1. The van der Waals surface area contributed by atoms with Crippen LogP contribution < -0.4 is 15.4 Å². The molecule has 3 heterocycles. The number of nitrogens with zero attached hydrogens (tertiary/aromatic N) is 5. The number of aromatic nitrogens is 4. The number of hydrogen-bond acceptors (Lipinski definition) is 6. The standard InChI is InChI=1S/C17H15F3N6O/c18-10-1-2-11-12(7-10)21-9-22-16(11)25-3-5-26(6-4-25)17-23-13(15(19)20)8-14(27)24-17/h1-2,7-9,15H,3-6H2,(H,23,24,27). The summed E-state index contributed by atoms with van der Waals surface area (Å²) in [6.45, 7) is 1.99. The van der Waals surface area contributed by atoms with Crippen LogP contribution in [0.5, 0.6) is 0 Å². The van der Waals surface area contributed by atoms with Crippen LogP contribution in [0.2, 0.25) is 0 Å². The lowest BCUT2D eigenvalue weighted by atomic mass is 10.2. The Balaban J connectivity index is 1.56. The van der Waals surface area contributed by atoms with Gasteiger partial charge < -0.3 is 9.80 Å². The molecule has 1 aliphatic rings. The van der Waals surface area contributed by atoms with Gasteiger partial charge in [-0.25, -0.2) is 28.1 Å². The average Bonchev–Trinajstić information content (AvgIpc) is 2.67. The number of alkyl halides is 2. The molecule has 0 aliphatic carbocycles. The minimum absolute atomic E-state index is 0.132. The summed E-state index contributed by atoms with van der Waals surface area (Å²) in [7, 11) is 0. The Labute approximate surface area is 151 Å². The highest BCUT2D eigenvalue weighted by Crippen LogP contribution is 2.25. The molecule has 0 radical (unpaired) electrons. The Morgan fingerprint density at radius 3 is 2.52 bits per heavy atom. The van der Waals surface area contributed by atoms with Crippen molar-refractivity contribution in [3.05, 3.63) is 52.5 Å². The lowest BCUT2D eigenvalue weighted by Crippen LogP contribution is -2.48. The van der Waals surface area contributed by atoms with Crippen molar-refractivity contribution in [2.24, 2.45) is 0 Å². The third-order valence-electron chi connectivity index (χ3n) is 4.43. The van der Waals surface area contributed by atoms with Crippen LogP contribution in [-0.2, 0) is 0 Å². The molecule has 0 atom stereocenters. The zero-order valence-electron chi connectivity index (χ0n) is 14.1. The van der Waals surface area contributed by atoms with Gasteiger partial charge in [0.25, 0.3) is 12.0 Å². The summed E-state index contributed by atoms with van der Waals surface area (Å²) in [5, 5.41) is 0.735. The van der Waals surface area contributed by atoms with Crippen molar-refractivity contribution in [3.8, 4) is 0 Å². The molecule has 0 bridgehead atoms. The summed E-state index contributed by atoms with van der Waals surface area (Å²) < 4.78 is 39.1. The first kappa shape index (κ1) is 17.3. The van der Waals surface area contributed by atoms with E-state index in [1.54, 1.807) is 11.0 Å². The number of halogens is 3. The number of aromatic amines is 1. The number of rotatable bonds is 3. The first-order valence-corrected chi connectivity index (χ1v) is 8.31. The number of nitrogens with one attached hydrogen (secondary N) is 1. The normalized spacial score (nSPS) is 15.0. The van der Waals surface area contributed by atoms with E-state index in [0.717, 1.165) is 11.5 Å². The molecule has 27 heavy (non-hydrogen) atoms. The molecule has 1 aromatic carbocycles. The molecule has 1 saturated heterocycles. The predicted molar refractivity (Wildman–Crippen MR) is 93.7 cm³/mol. The Bertz CT molecular complexity index is 1030. The highest BCUT2D eigenvalue weighted by atomic mass is 19.3. The van der Waals surface area contributed by atoms with Crippen LogP contribution in [0.15, 0.2) is 35.4 Å². The van der Waals surface area contributed by atoms with Crippen molar-refractivity contribution in [1.29, 1.82) is 0 Å². The fraction of sp³-hybridized carbons (Fsp3) is 0.294. The van der Waals surface area contributed by atoms with Crippen molar-refractivity contribution in [1.82, 2.24) is 19.9 Å². The SMILES string of the molecule is O=c1cc(C(F)F)nc(N2CCN(c3ncnc4cc(F)ccc34)CC2)[nH]1. The highest BCUT2D eigenvalue weighted by Gasteiger charge is 2.22. The zero-order valence-corrected chi connectivity index (χ0v) is 14.1. The number of hydrogen-bond donors (Lipinski definition) is 1. The summed E-state index contributed by atoms with van der Waals surface area (Å²) in [5.41, 5.74) is -0.639. The molecule has 3 aromatic rings. The van der Waals surface area contributed by atoms with Crippen LogP contribution in [0, 0.1) is 5.82 Å². The lowest BCUT2D eigenvalue weighted by Gasteiger charge is -2.36. The second-order valence-electron chi connectivity index (χ2n) is 6.13. The molecule has 7 nitrogen and oxygen atoms in total. The smallest absolute Gasteiger partial charge is 0.280 e. The first-order valence-electron chi connectivity index (χ1n) is 8.31. The van der Waals surface area contributed by atoms with E-state index >= 15 is 0 Å². The van der Waals surface area contributed by atoms with Crippen LogP contribution in [0.3, 0.4) is 0 Å². The Hall–Kier alpha value is -3.17. The van der Waals surface area contributed by atoms with E-state index in [-0.39, 0.29) is 11.8 Å². The molecule has 0 spiro atoms. The molecular formula is C17H15F3N6O. The second kappa shape index (κ2) is 6.86. The third-order valence-corrected chi connectivity index (χ3v) is 4.43. The summed E-state index contributed by atoms with van der Waals surface area (Å²) in [5.74, 6) is 0.445. The van der Waals surface area contributed by atoms with Crippen LogP contribution >= 0.6 is 0 Å². The van der Waals surface area contributed by atoms with Gasteiger partial charge in [0, 0.05) is 43.7 Å². The van der Waals surface area contributed by atoms with E-state index in [9.17, 15) is 18.0 Å². The molecule has 1 N–H and O–H groups in total. The fourth-order valence-electron chi connectivity index (χ4n) is 3.12. The Kier molecular flexibility index (Phi) is 4.38. The van der Waals surface area contributed by atoms with Gasteiger partial charge in [-0.2, -0.15) is 0 Å². The van der Waals surface area contributed by atoms with Crippen molar-refractivity contribution >= 4 is 22.7 Å². The maximum absolute atomic E-state index is 13.4. The highest BCUT2D eigenvalue weighted by molar-refractivity contribution is 5.89. The van der Waals surface area contributed by atoms with Gasteiger partial charge in [-0.05, 0) is 12.1 Å². The fourth-order valence-corrected chi connectivity index (χ4v) is 3.12. The van der Waals surface area contributed by atoms with Crippen LogP contribution in [0.25, 0.3) is 10.9 Å². The van der Waals surface area contributed by atoms with E-state index in [4.69, 9.17) is 0 Å². The topological polar surface area (TPSA) is 78.0 Å². The van der Waals surface area contributed by atoms with Crippen LogP contribution in [-0.4, -0.2) is 46.1 Å². The minimum atomic E-state index is -2.81. The number of H-pyrrole nitrogens is 1. The van der Waals surface area contributed by atoms with E-state index < -0.39 is 17.7 Å². The maximum Gasteiger partial charge on any atom is 0.280 e. The summed E-state index contributed by atoms with van der Waals surface area (Å²) >= 11 is 0. The lowest BCUT2D eigenvalue weighted by molar-refractivity contribution is 0.146. The maximum atomic E-state index is 13.4. The number of fused-ring (bicyclic) bond motifs is 1. The quantitative estimate of drug-likeness (QED) is 0.755.